The maximum absolute atomic E-state index is 12.6. The Labute approximate surface area is 340 Å². The van der Waals surface area contributed by atoms with Crippen molar-refractivity contribution in [2.75, 3.05) is 17.7 Å². The Morgan fingerprint density at radius 2 is 1.23 bits per heavy atom. The van der Waals surface area contributed by atoms with Gasteiger partial charge in [-0.25, -0.2) is 19.9 Å². The van der Waals surface area contributed by atoms with E-state index < -0.39 is 0 Å². The monoisotopic (exact) mass is 816 g/mol. The van der Waals surface area contributed by atoms with Gasteiger partial charge in [-0.2, -0.15) is 0 Å². The number of aryl methyl sites for hydroxylation is 1. The smallest absolute Gasteiger partial charge is 0.246 e. The molecule has 1 amide bonds. The molecular weight excluding hydrogens is 776 g/mol. The van der Waals surface area contributed by atoms with E-state index in [1.54, 1.807) is 54.2 Å². The van der Waals surface area contributed by atoms with Crippen LogP contribution in [0.3, 0.4) is 0 Å². The van der Waals surface area contributed by atoms with Gasteiger partial charge < -0.3 is 20.1 Å². The minimum absolute atomic E-state index is 0.0437. The second-order valence-electron chi connectivity index (χ2n) is 12.6. The van der Waals surface area contributed by atoms with Crippen LogP contribution in [0.15, 0.2) is 175 Å². The number of hydrogen-bond donors (Lipinski definition) is 2. The van der Waals surface area contributed by atoms with E-state index >= 15 is 0 Å². The van der Waals surface area contributed by atoms with E-state index in [0.29, 0.717) is 13.0 Å². The predicted octanol–water partition coefficient (Wildman–Crippen LogP) is 9.43. The van der Waals surface area contributed by atoms with E-state index in [1.165, 1.54) is 10.9 Å². The third-order valence-corrected chi connectivity index (χ3v) is 8.88. The molecule has 11 nitrogen and oxygen atoms in total. The van der Waals surface area contributed by atoms with Gasteiger partial charge in [0.15, 0.2) is 0 Å². The number of aromatic nitrogens is 7. The molecule has 284 valence electrons. The van der Waals surface area contributed by atoms with Crippen LogP contribution in [-0.4, -0.2) is 52.3 Å². The molecule has 7 heterocycles. The molecule has 0 aliphatic heterocycles. The number of nitrogens with one attached hydrogen (secondary N) is 2. The van der Waals surface area contributed by atoms with Gasteiger partial charge in [-0.3, -0.25) is 14.8 Å². The van der Waals surface area contributed by atoms with Gasteiger partial charge in [-0.1, -0.05) is 48.5 Å². The quantitative estimate of drug-likeness (QED) is 0.130. The maximum atomic E-state index is 12.6. The highest BCUT2D eigenvalue weighted by atomic mass is 79.9. The van der Waals surface area contributed by atoms with Crippen molar-refractivity contribution in [2.45, 2.75) is 13.0 Å². The number of likely N-dealkylation sites (N-methyl/N-ethyl adjacent to an activating group) is 1. The fourth-order valence-electron chi connectivity index (χ4n) is 5.46. The standard InChI is InChI=1S/C25H24N4O.C10H8BrN3.C10H9N3/c1-28(18-23-15-20-7-3-4-9-24(20)29(23)2)25(30)13-11-19-10-12-22(27-17-19)16-21-8-5-6-14-26-21;11-8-4-5-10(13-7-8)14-9-3-1-2-6-12-9;1-3-7-11-9(5-1)13-10-6-2-4-8-12-10/h3-15,17H,16,18H2,1-2H3;1-7H,(H,12,13,14);1-8H,(H,11,12,13)/b13-11+;;. The van der Waals surface area contributed by atoms with Crippen LogP contribution in [0.5, 0.6) is 0 Å². The van der Waals surface area contributed by atoms with Gasteiger partial charge in [0.05, 0.1) is 6.54 Å². The molecule has 12 heteroatoms. The number of hydrogen-bond acceptors (Lipinski definition) is 9. The Bertz CT molecular complexity index is 2410. The highest BCUT2D eigenvalue weighted by Crippen LogP contribution is 2.20. The number of carbonyl (C=O) groups excluding carboxylic acids is 1. The Morgan fingerprint density at radius 1 is 0.649 bits per heavy atom. The first-order valence-corrected chi connectivity index (χ1v) is 18.9. The second-order valence-corrected chi connectivity index (χ2v) is 13.5. The van der Waals surface area contributed by atoms with Gasteiger partial charge in [0.25, 0.3) is 0 Å². The summed E-state index contributed by atoms with van der Waals surface area (Å²) in [4.78, 5) is 39.6. The first kappa shape index (κ1) is 39.6. The summed E-state index contributed by atoms with van der Waals surface area (Å²) < 4.78 is 3.09. The van der Waals surface area contributed by atoms with Crippen LogP contribution in [0.2, 0.25) is 0 Å². The fraction of sp³-hybridized carbons (Fsp3) is 0.0889. The molecule has 0 aliphatic rings. The lowest BCUT2D eigenvalue weighted by atomic mass is 10.1. The Morgan fingerprint density at radius 3 is 1.75 bits per heavy atom. The van der Waals surface area contributed by atoms with E-state index in [-0.39, 0.29) is 5.91 Å². The first-order chi connectivity index (χ1) is 27.9. The molecule has 57 heavy (non-hydrogen) atoms. The van der Waals surface area contributed by atoms with Crippen LogP contribution in [0.25, 0.3) is 17.0 Å². The number of pyridine rings is 6. The van der Waals surface area contributed by atoms with E-state index in [0.717, 1.165) is 50.4 Å². The molecule has 0 saturated heterocycles. The average molecular weight is 818 g/mol. The van der Waals surface area contributed by atoms with Crippen LogP contribution in [0, 0.1) is 0 Å². The highest BCUT2D eigenvalue weighted by Gasteiger charge is 2.11. The summed E-state index contributed by atoms with van der Waals surface area (Å²) in [6.45, 7) is 0.551. The summed E-state index contributed by atoms with van der Waals surface area (Å²) in [5, 5.41) is 7.35. The van der Waals surface area contributed by atoms with Crippen LogP contribution >= 0.6 is 15.9 Å². The number of benzene rings is 1. The second kappa shape index (κ2) is 20.6. The average Bonchev–Trinajstić information content (AvgIpc) is 3.57. The van der Waals surface area contributed by atoms with Crippen molar-refractivity contribution in [3.05, 3.63) is 198 Å². The largest absolute Gasteiger partial charge is 0.346 e. The number of rotatable bonds is 10. The molecule has 0 unspecified atom stereocenters. The van der Waals surface area contributed by atoms with Crippen molar-refractivity contribution >= 4 is 62.1 Å². The van der Waals surface area contributed by atoms with E-state index in [4.69, 9.17) is 0 Å². The van der Waals surface area contributed by atoms with Gasteiger partial charge >= 0.3 is 0 Å². The number of para-hydroxylation sites is 1. The molecule has 2 N–H and O–H groups in total. The van der Waals surface area contributed by atoms with Gasteiger partial charge in [-0.05, 0) is 112 Å². The molecule has 0 aliphatic carbocycles. The molecule has 0 saturated carbocycles. The molecule has 8 rings (SSSR count). The molecule has 0 spiro atoms. The van der Waals surface area contributed by atoms with Crippen molar-refractivity contribution in [1.82, 2.24) is 39.4 Å². The Hall–Kier alpha value is -7.05. The molecular formula is C45H41BrN10O. The summed E-state index contributed by atoms with van der Waals surface area (Å²) in [7, 11) is 3.85. The van der Waals surface area contributed by atoms with E-state index in [1.807, 2.05) is 123 Å². The summed E-state index contributed by atoms with van der Waals surface area (Å²) in [6, 6.07) is 41.1. The lowest BCUT2D eigenvalue weighted by Gasteiger charge is -2.15. The van der Waals surface area contributed by atoms with Gasteiger partial charge in [0.2, 0.25) is 5.91 Å². The minimum Gasteiger partial charge on any atom is -0.346 e. The number of halogens is 1. The maximum Gasteiger partial charge on any atom is 0.246 e. The summed E-state index contributed by atoms with van der Waals surface area (Å²) in [5.74, 6) is 3.15. The first-order valence-electron chi connectivity index (χ1n) is 18.1. The topological polar surface area (TPSA) is 127 Å². The van der Waals surface area contributed by atoms with E-state index in [2.05, 4.69) is 79.2 Å². The third-order valence-electron chi connectivity index (χ3n) is 8.42. The predicted molar refractivity (Wildman–Crippen MR) is 231 cm³/mol. The molecule has 0 fully saturated rings. The van der Waals surface area contributed by atoms with Crippen molar-refractivity contribution < 1.29 is 4.79 Å². The SMILES string of the molecule is Brc1ccc(Nc2ccccn2)nc1.CN(Cc1cc2ccccc2n1C)C(=O)/C=C/c1ccc(Cc2ccccn2)nc1.c1ccc(Nc2ccccn2)nc1. The highest BCUT2D eigenvalue weighted by molar-refractivity contribution is 9.10. The normalized spacial score (nSPS) is 10.5. The zero-order chi connectivity index (χ0) is 39.7. The van der Waals surface area contributed by atoms with Crippen LogP contribution in [0.1, 0.15) is 22.6 Å². The lowest BCUT2D eigenvalue weighted by molar-refractivity contribution is -0.125. The molecule has 0 atom stereocenters. The number of nitrogens with zero attached hydrogens (tertiary/aromatic N) is 8. The Kier molecular flexibility index (Phi) is 14.3. The zero-order valence-electron chi connectivity index (χ0n) is 31.5. The molecule has 1 aromatic carbocycles. The minimum atomic E-state index is -0.0437. The molecule has 0 bridgehead atoms. The molecule has 7 aromatic heterocycles. The number of anilines is 4. The van der Waals surface area contributed by atoms with Crippen LogP contribution in [0.4, 0.5) is 23.3 Å². The number of carbonyl (C=O) groups is 1. The van der Waals surface area contributed by atoms with E-state index in [9.17, 15) is 4.79 Å². The molecule has 8 aromatic rings. The van der Waals surface area contributed by atoms with Gasteiger partial charge in [0.1, 0.15) is 23.3 Å². The van der Waals surface area contributed by atoms with Crippen LogP contribution < -0.4 is 10.6 Å². The zero-order valence-corrected chi connectivity index (χ0v) is 33.1. The fourth-order valence-corrected chi connectivity index (χ4v) is 5.70. The summed E-state index contributed by atoms with van der Waals surface area (Å²) in [5.41, 5.74) is 5.09. The van der Waals surface area contributed by atoms with Gasteiger partial charge in [0, 0.05) is 90.8 Å². The summed E-state index contributed by atoms with van der Waals surface area (Å²) >= 11 is 3.32. The van der Waals surface area contributed by atoms with Gasteiger partial charge in [-0.15, -0.1) is 0 Å². The Balaban J connectivity index is 0.000000167. The third kappa shape index (κ3) is 12.5. The lowest BCUT2D eigenvalue weighted by Crippen LogP contribution is -2.25. The number of amides is 1. The van der Waals surface area contributed by atoms with Crippen LogP contribution in [-0.2, 0) is 24.8 Å². The van der Waals surface area contributed by atoms with Crippen molar-refractivity contribution in [2.24, 2.45) is 7.05 Å². The van der Waals surface area contributed by atoms with Crippen molar-refractivity contribution in [1.29, 1.82) is 0 Å². The van der Waals surface area contributed by atoms with Crippen molar-refractivity contribution in [3.8, 4) is 0 Å². The summed E-state index contributed by atoms with van der Waals surface area (Å²) in [6.07, 6.45) is 14.6. The number of fused-ring (bicyclic) bond motifs is 1. The van der Waals surface area contributed by atoms with Crippen molar-refractivity contribution in [3.63, 3.8) is 0 Å². The molecule has 0 radical (unpaired) electrons.